The lowest BCUT2D eigenvalue weighted by molar-refractivity contribution is 0.0784. The summed E-state index contributed by atoms with van der Waals surface area (Å²) in [6.07, 6.45) is 6.72. The van der Waals surface area contributed by atoms with E-state index in [1.807, 2.05) is 24.3 Å². The molecular weight excluding hydrogens is 312 g/mol. The Kier molecular flexibility index (Phi) is 4.39. The first-order valence-electron chi connectivity index (χ1n) is 7.08. The van der Waals surface area contributed by atoms with Crippen molar-refractivity contribution < 1.29 is 4.79 Å². The molecule has 2 heterocycles. The van der Waals surface area contributed by atoms with E-state index in [-0.39, 0.29) is 5.91 Å². The van der Waals surface area contributed by atoms with E-state index < -0.39 is 0 Å². The van der Waals surface area contributed by atoms with Crippen molar-refractivity contribution in [1.29, 1.82) is 0 Å². The average Bonchev–Trinajstić information content (AvgIpc) is 3.09. The van der Waals surface area contributed by atoms with Gasteiger partial charge in [-0.15, -0.1) is 0 Å². The van der Waals surface area contributed by atoms with Crippen LogP contribution in [-0.4, -0.2) is 32.4 Å². The van der Waals surface area contributed by atoms with Crippen molar-refractivity contribution in [2.75, 3.05) is 7.05 Å². The zero-order valence-corrected chi connectivity index (χ0v) is 13.3. The van der Waals surface area contributed by atoms with Gasteiger partial charge < -0.3 is 4.90 Å². The standard InChI is InChI=1S/C17H15ClN4O/c1-21(11-13-3-2-4-15(18)9-13)17(23)14-5-6-16(20-10-14)22-8-7-19-12-22/h2-10,12H,11H2,1H3. The van der Waals surface area contributed by atoms with Gasteiger partial charge in [0.25, 0.3) is 5.91 Å². The minimum absolute atomic E-state index is 0.0883. The normalized spacial score (nSPS) is 10.5. The van der Waals surface area contributed by atoms with Gasteiger partial charge in [0, 0.05) is 37.2 Å². The van der Waals surface area contributed by atoms with E-state index in [1.54, 1.807) is 53.6 Å². The van der Waals surface area contributed by atoms with Crippen LogP contribution in [-0.2, 0) is 6.54 Å². The summed E-state index contributed by atoms with van der Waals surface area (Å²) in [5.41, 5.74) is 1.52. The van der Waals surface area contributed by atoms with Gasteiger partial charge in [0.2, 0.25) is 0 Å². The van der Waals surface area contributed by atoms with E-state index in [0.717, 1.165) is 11.4 Å². The van der Waals surface area contributed by atoms with Crippen molar-refractivity contribution >= 4 is 17.5 Å². The molecule has 3 aromatic rings. The van der Waals surface area contributed by atoms with Crippen molar-refractivity contribution in [2.24, 2.45) is 0 Å². The number of hydrogen-bond donors (Lipinski definition) is 0. The number of hydrogen-bond acceptors (Lipinski definition) is 3. The van der Waals surface area contributed by atoms with Gasteiger partial charge in [-0.1, -0.05) is 23.7 Å². The Morgan fingerprint density at radius 1 is 1.30 bits per heavy atom. The smallest absolute Gasteiger partial charge is 0.255 e. The SMILES string of the molecule is CN(Cc1cccc(Cl)c1)C(=O)c1ccc(-n2ccnc2)nc1. The van der Waals surface area contributed by atoms with E-state index in [1.165, 1.54) is 0 Å². The summed E-state index contributed by atoms with van der Waals surface area (Å²) in [6, 6.07) is 11.0. The van der Waals surface area contributed by atoms with Gasteiger partial charge in [0.1, 0.15) is 12.1 Å². The van der Waals surface area contributed by atoms with Crippen LogP contribution >= 0.6 is 11.6 Å². The van der Waals surface area contributed by atoms with Gasteiger partial charge in [-0.25, -0.2) is 9.97 Å². The molecule has 23 heavy (non-hydrogen) atoms. The third-order valence-electron chi connectivity index (χ3n) is 3.42. The minimum Gasteiger partial charge on any atom is -0.337 e. The highest BCUT2D eigenvalue weighted by molar-refractivity contribution is 6.30. The molecule has 0 radical (unpaired) electrons. The molecule has 5 nitrogen and oxygen atoms in total. The Bertz CT molecular complexity index is 800. The number of imidazole rings is 1. The quantitative estimate of drug-likeness (QED) is 0.740. The molecule has 3 rings (SSSR count). The van der Waals surface area contributed by atoms with Crippen LogP contribution in [0.4, 0.5) is 0 Å². The minimum atomic E-state index is -0.0883. The third kappa shape index (κ3) is 3.57. The molecular formula is C17H15ClN4O. The molecule has 0 saturated heterocycles. The molecule has 0 spiro atoms. The number of amides is 1. The molecule has 0 atom stereocenters. The Morgan fingerprint density at radius 3 is 2.83 bits per heavy atom. The van der Waals surface area contributed by atoms with Crippen LogP contribution in [0.25, 0.3) is 5.82 Å². The first-order chi connectivity index (χ1) is 11.1. The highest BCUT2D eigenvalue weighted by Gasteiger charge is 2.13. The van der Waals surface area contributed by atoms with Crippen molar-refractivity contribution in [3.8, 4) is 5.82 Å². The van der Waals surface area contributed by atoms with E-state index in [9.17, 15) is 4.79 Å². The predicted octanol–water partition coefficient (Wildman–Crippen LogP) is 3.19. The maximum atomic E-state index is 12.5. The van der Waals surface area contributed by atoms with Crippen molar-refractivity contribution in [2.45, 2.75) is 6.54 Å². The second-order valence-electron chi connectivity index (χ2n) is 5.17. The molecule has 116 valence electrons. The van der Waals surface area contributed by atoms with Crippen LogP contribution in [0, 0.1) is 0 Å². The summed E-state index contributed by atoms with van der Waals surface area (Å²) in [5, 5.41) is 0.662. The van der Waals surface area contributed by atoms with Gasteiger partial charge in [0.15, 0.2) is 0 Å². The Hall–Kier alpha value is -2.66. The second kappa shape index (κ2) is 6.62. The lowest BCUT2D eigenvalue weighted by Crippen LogP contribution is -2.26. The van der Waals surface area contributed by atoms with Crippen molar-refractivity contribution in [3.05, 3.63) is 77.5 Å². The number of benzene rings is 1. The van der Waals surface area contributed by atoms with Crippen molar-refractivity contribution in [1.82, 2.24) is 19.4 Å². The molecule has 1 aromatic carbocycles. The zero-order valence-electron chi connectivity index (χ0n) is 12.6. The van der Waals surface area contributed by atoms with Crippen LogP contribution in [0.3, 0.4) is 0 Å². The van der Waals surface area contributed by atoms with Crippen LogP contribution in [0.1, 0.15) is 15.9 Å². The van der Waals surface area contributed by atoms with Gasteiger partial charge in [-0.05, 0) is 29.8 Å². The topological polar surface area (TPSA) is 51.0 Å². The highest BCUT2D eigenvalue weighted by Crippen LogP contribution is 2.14. The monoisotopic (exact) mass is 326 g/mol. The predicted molar refractivity (Wildman–Crippen MR) is 88.6 cm³/mol. The molecule has 1 amide bonds. The fourth-order valence-electron chi connectivity index (χ4n) is 2.26. The molecule has 0 aliphatic heterocycles. The Labute approximate surface area is 139 Å². The first-order valence-corrected chi connectivity index (χ1v) is 7.45. The molecule has 0 N–H and O–H groups in total. The fraction of sp³-hybridized carbons (Fsp3) is 0.118. The fourth-order valence-corrected chi connectivity index (χ4v) is 2.47. The maximum absolute atomic E-state index is 12.5. The number of halogens is 1. The van der Waals surface area contributed by atoms with E-state index in [2.05, 4.69) is 9.97 Å². The van der Waals surface area contributed by atoms with Crippen LogP contribution in [0.15, 0.2) is 61.3 Å². The lowest BCUT2D eigenvalue weighted by atomic mass is 10.2. The Morgan fingerprint density at radius 2 is 2.17 bits per heavy atom. The largest absolute Gasteiger partial charge is 0.337 e. The molecule has 0 unspecified atom stereocenters. The maximum Gasteiger partial charge on any atom is 0.255 e. The first kappa shape index (κ1) is 15.2. The van der Waals surface area contributed by atoms with Crippen molar-refractivity contribution in [3.63, 3.8) is 0 Å². The molecule has 0 fully saturated rings. The molecule has 2 aromatic heterocycles. The number of carbonyl (C=O) groups excluding carboxylic acids is 1. The molecule has 0 saturated carbocycles. The van der Waals surface area contributed by atoms with E-state index in [4.69, 9.17) is 11.6 Å². The second-order valence-corrected chi connectivity index (χ2v) is 5.60. The summed E-state index contributed by atoms with van der Waals surface area (Å²) in [6.45, 7) is 0.489. The zero-order chi connectivity index (χ0) is 16.2. The number of aromatic nitrogens is 3. The summed E-state index contributed by atoms with van der Waals surface area (Å²) in [5.74, 6) is 0.631. The van der Waals surface area contributed by atoms with Crippen LogP contribution in [0.5, 0.6) is 0 Å². The van der Waals surface area contributed by atoms with Gasteiger partial charge >= 0.3 is 0 Å². The van der Waals surface area contributed by atoms with Crippen LogP contribution < -0.4 is 0 Å². The molecule has 0 aliphatic carbocycles. The number of nitrogens with zero attached hydrogens (tertiary/aromatic N) is 4. The summed E-state index contributed by atoms with van der Waals surface area (Å²) >= 11 is 5.97. The summed E-state index contributed by atoms with van der Waals surface area (Å²) in [4.78, 5) is 22.4. The third-order valence-corrected chi connectivity index (χ3v) is 3.65. The number of pyridine rings is 1. The van der Waals surface area contributed by atoms with E-state index in [0.29, 0.717) is 17.1 Å². The van der Waals surface area contributed by atoms with Gasteiger partial charge in [-0.3, -0.25) is 9.36 Å². The Balaban J connectivity index is 1.72. The lowest BCUT2D eigenvalue weighted by Gasteiger charge is -2.17. The molecule has 0 bridgehead atoms. The number of rotatable bonds is 4. The average molecular weight is 327 g/mol. The molecule has 0 aliphatic rings. The van der Waals surface area contributed by atoms with E-state index >= 15 is 0 Å². The summed E-state index contributed by atoms with van der Waals surface area (Å²) < 4.78 is 1.78. The molecule has 6 heteroatoms. The summed E-state index contributed by atoms with van der Waals surface area (Å²) in [7, 11) is 1.76. The van der Waals surface area contributed by atoms with Gasteiger partial charge in [-0.2, -0.15) is 0 Å². The van der Waals surface area contributed by atoms with Crippen LogP contribution in [0.2, 0.25) is 5.02 Å². The number of carbonyl (C=O) groups is 1. The highest BCUT2D eigenvalue weighted by atomic mass is 35.5. The van der Waals surface area contributed by atoms with Gasteiger partial charge in [0.05, 0.1) is 5.56 Å².